The van der Waals surface area contributed by atoms with Crippen LogP contribution in [0.1, 0.15) is 36.4 Å². The highest BCUT2D eigenvalue weighted by molar-refractivity contribution is 6.30. The van der Waals surface area contributed by atoms with E-state index < -0.39 is 0 Å². The molecule has 5 rings (SSSR count). The van der Waals surface area contributed by atoms with Crippen molar-refractivity contribution in [2.75, 3.05) is 45.9 Å². The van der Waals surface area contributed by atoms with Crippen LogP contribution in [0.25, 0.3) is 0 Å². The number of likely N-dealkylation sites (tertiary alicyclic amines) is 1. The Balaban J connectivity index is 1.46. The second-order valence-corrected chi connectivity index (χ2v) is 10.1. The maximum absolute atomic E-state index is 12.4. The molecule has 3 aliphatic heterocycles. The molecule has 2 saturated heterocycles. The van der Waals surface area contributed by atoms with Gasteiger partial charge in [0.25, 0.3) is 0 Å². The number of carbonyl (C=O) groups is 1. The first kappa shape index (κ1) is 25.8. The molecule has 1 aromatic heterocycles. The second-order valence-electron chi connectivity index (χ2n) is 9.70. The Kier molecular flexibility index (Phi) is 8.43. The summed E-state index contributed by atoms with van der Waals surface area (Å²) in [6, 6.07) is 10.3. The van der Waals surface area contributed by atoms with Gasteiger partial charge >= 0.3 is 6.01 Å². The molecule has 37 heavy (non-hydrogen) atoms. The van der Waals surface area contributed by atoms with Crippen LogP contribution in [0.3, 0.4) is 0 Å². The lowest BCUT2D eigenvalue weighted by Gasteiger charge is -2.39. The minimum Gasteiger partial charge on any atom is -0.458 e. The number of aliphatic imine (C=N–C) groups is 2. The average Bonchev–Trinajstić information content (AvgIpc) is 3.33. The Labute approximate surface area is 222 Å². The normalized spacial score (nSPS) is 24.8. The number of benzene rings is 1. The van der Waals surface area contributed by atoms with Gasteiger partial charge < -0.3 is 19.7 Å². The van der Waals surface area contributed by atoms with Gasteiger partial charge in [-0.15, -0.1) is 0 Å². The van der Waals surface area contributed by atoms with Gasteiger partial charge in [-0.3, -0.25) is 14.8 Å². The summed E-state index contributed by atoms with van der Waals surface area (Å²) < 4.78 is 11.5. The van der Waals surface area contributed by atoms with Crippen LogP contribution in [0.5, 0.6) is 6.01 Å². The molecule has 2 aromatic rings. The lowest BCUT2D eigenvalue weighted by Crippen LogP contribution is -2.49. The summed E-state index contributed by atoms with van der Waals surface area (Å²) in [6.07, 6.45) is 4.34. The minimum atomic E-state index is -0.115. The van der Waals surface area contributed by atoms with Crippen LogP contribution in [-0.2, 0) is 9.53 Å². The molecule has 0 spiro atoms. The largest absolute Gasteiger partial charge is 0.458 e. The lowest BCUT2D eigenvalue weighted by molar-refractivity contribution is -0.131. The first-order valence-electron chi connectivity index (χ1n) is 12.9. The smallest absolute Gasteiger partial charge is 0.316 e. The molecule has 10 heteroatoms. The number of piperidine rings is 1. The summed E-state index contributed by atoms with van der Waals surface area (Å²) in [4.78, 5) is 32.3. The molecule has 9 nitrogen and oxygen atoms in total. The molecule has 2 fully saturated rings. The standard InChI is InChI=1S/C27H33ClN6O3/c1-29-16-23(35)34-13-7-19(8-14-34)26-24(22-6-10-32-27(33-22)37-21-9-15-36-17-21)25(30-11-12-31-26)18-2-4-20(28)5-3-18/h2-6,10,19,21,24,26,31H,1,7-9,11-17H2/t21-,24?,26?/m0/s1. The summed E-state index contributed by atoms with van der Waals surface area (Å²) in [5.74, 6) is 0.260. The number of nitrogens with one attached hydrogen (secondary N) is 1. The zero-order valence-electron chi connectivity index (χ0n) is 20.9. The van der Waals surface area contributed by atoms with Crippen LogP contribution in [0.4, 0.5) is 0 Å². The van der Waals surface area contributed by atoms with Gasteiger partial charge in [0.05, 0.1) is 37.1 Å². The number of ether oxygens (including phenoxy) is 2. The third-order valence-electron chi connectivity index (χ3n) is 7.35. The van der Waals surface area contributed by atoms with Gasteiger partial charge in [-0.05, 0) is 49.2 Å². The van der Waals surface area contributed by atoms with E-state index in [9.17, 15) is 4.79 Å². The molecule has 3 atom stereocenters. The highest BCUT2D eigenvalue weighted by Gasteiger charge is 2.38. The van der Waals surface area contributed by atoms with E-state index in [1.54, 1.807) is 6.20 Å². The fourth-order valence-corrected chi connectivity index (χ4v) is 5.62. The van der Waals surface area contributed by atoms with E-state index in [2.05, 4.69) is 22.0 Å². The van der Waals surface area contributed by atoms with E-state index in [1.807, 2.05) is 35.2 Å². The van der Waals surface area contributed by atoms with E-state index in [0.29, 0.717) is 49.8 Å². The number of rotatable bonds is 7. The van der Waals surface area contributed by atoms with Gasteiger partial charge in [0, 0.05) is 43.3 Å². The van der Waals surface area contributed by atoms with Crippen molar-refractivity contribution in [3.8, 4) is 6.01 Å². The number of amides is 1. The Bertz CT molecular complexity index is 1110. The Morgan fingerprint density at radius 2 is 2.03 bits per heavy atom. The van der Waals surface area contributed by atoms with Crippen LogP contribution in [0.15, 0.2) is 46.5 Å². The van der Waals surface area contributed by atoms with Crippen LogP contribution in [0, 0.1) is 5.92 Å². The van der Waals surface area contributed by atoms with Crippen molar-refractivity contribution in [2.24, 2.45) is 15.9 Å². The molecular weight excluding hydrogens is 492 g/mol. The third-order valence-corrected chi connectivity index (χ3v) is 7.60. The van der Waals surface area contributed by atoms with Gasteiger partial charge in [0.15, 0.2) is 0 Å². The van der Waals surface area contributed by atoms with Crippen molar-refractivity contribution in [1.82, 2.24) is 20.2 Å². The fraction of sp³-hybridized carbons (Fsp3) is 0.519. The van der Waals surface area contributed by atoms with E-state index >= 15 is 0 Å². The van der Waals surface area contributed by atoms with E-state index in [-0.39, 0.29) is 30.5 Å². The summed E-state index contributed by atoms with van der Waals surface area (Å²) >= 11 is 6.21. The zero-order chi connectivity index (χ0) is 25.6. The minimum absolute atomic E-state index is 0.0328. The fourth-order valence-electron chi connectivity index (χ4n) is 5.49. The molecule has 0 saturated carbocycles. The maximum atomic E-state index is 12.4. The zero-order valence-corrected chi connectivity index (χ0v) is 21.6. The van der Waals surface area contributed by atoms with Crippen LogP contribution >= 0.6 is 11.6 Å². The molecule has 1 amide bonds. The van der Waals surface area contributed by atoms with Crippen molar-refractivity contribution in [3.05, 3.63) is 52.8 Å². The monoisotopic (exact) mass is 524 g/mol. The molecule has 1 aromatic carbocycles. The van der Waals surface area contributed by atoms with Gasteiger partial charge in [0.1, 0.15) is 12.6 Å². The van der Waals surface area contributed by atoms with Gasteiger partial charge in [-0.1, -0.05) is 23.7 Å². The first-order chi connectivity index (χ1) is 18.1. The maximum Gasteiger partial charge on any atom is 0.316 e. The molecule has 0 bridgehead atoms. The molecule has 4 heterocycles. The molecular formula is C27H33ClN6O3. The van der Waals surface area contributed by atoms with Crippen molar-refractivity contribution in [3.63, 3.8) is 0 Å². The second kappa shape index (κ2) is 12.1. The predicted molar refractivity (Wildman–Crippen MR) is 143 cm³/mol. The highest BCUT2D eigenvalue weighted by Crippen LogP contribution is 2.35. The number of nitrogens with zero attached hydrogens (tertiary/aromatic N) is 5. The quantitative estimate of drug-likeness (QED) is 0.559. The summed E-state index contributed by atoms with van der Waals surface area (Å²) in [6.45, 7) is 7.69. The SMILES string of the molecule is C=NCC(=O)N1CCC(C2NCCN=C(c3ccc(Cl)cc3)C2c2ccnc(O[C@H]3CCOC3)n2)CC1. The molecule has 196 valence electrons. The number of carbonyl (C=O) groups excluding carboxylic acids is 1. The summed E-state index contributed by atoms with van der Waals surface area (Å²) in [5.41, 5.74) is 2.87. The molecule has 0 radical (unpaired) electrons. The van der Waals surface area contributed by atoms with Crippen molar-refractivity contribution < 1.29 is 14.3 Å². The van der Waals surface area contributed by atoms with E-state index in [4.69, 9.17) is 31.1 Å². The lowest BCUT2D eigenvalue weighted by atomic mass is 9.77. The first-order valence-corrected chi connectivity index (χ1v) is 13.3. The molecule has 3 aliphatic rings. The number of halogens is 1. The van der Waals surface area contributed by atoms with Crippen molar-refractivity contribution >= 4 is 29.9 Å². The molecule has 1 N–H and O–H groups in total. The summed E-state index contributed by atoms with van der Waals surface area (Å²) in [7, 11) is 0. The topological polar surface area (TPSA) is 101 Å². The van der Waals surface area contributed by atoms with Gasteiger partial charge in [-0.2, -0.15) is 4.98 Å². The van der Waals surface area contributed by atoms with E-state index in [1.165, 1.54) is 0 Å². The summed E-state index contributed by atoms with van der Waals surface area (Å²) in [5, 5.41) is 4.47. The van der Waals surface area contributed by atoms with Gasteiger partial charge in [-0.25, -0.2) is 4.98 Å². The van der Waals surface area contributed by atoms with Crippen LogP contribution in [0.2, 0.25) is 5.02 Å². The van der Waals surface area contributed by atoms with Crippen LogP contribution < -0.4 is 10.1 Å². The number of hydrogen-bond donors (Lipinski definition) is 1. The Hall–Kier alpha value is -2.88. The molecule has 2 unspecified atom stereocenters. The predicted octanol–water partition coefficient (Wildman–Crippen LogP) is 2.78. The highest BCUT2D eigenvalue weighted by atomic mass is 35.5. The van der Waals surface area contributed by atoms with Gasteiger partial charge in [0.2, 0.25) is 5.91 Å². The van der Waals surface area contributed by atoms with Crippen LogP contribution in [-0.4, -0.2) is 91.3 Å². The van der Waals surface area contributed by atoms with E-state index in [0.717, 1.165) is 42.8 Å². The Morgan fingerprint density at radius 3 is 2.76 bits per heavy atom. The third kappa shape index (κ3) is 6.17. The number of aromatic nitrogens is 2. The average molecular weight is 525 g/mol. The molecule has 0 aliphatic carbocycles. The number of hydrogen-bond acceptors (Lipinski definition) is 8. The van der Waals surface area contributed by atoms with Crippen molar-refractivity contribution in [2.45, 2.75) is 37.3 Å². The Morgan fingerprint density at radius 1 is 1.22 bits per heavy atom. The van der Waals surface area contributed by atoms with Crippen molar-refractivity contribution in [1.29, 1.82) is 0 Å².